The predicted octanol–water partition coefficient (Wildman–Crippen LogP) is 3.87. The number of nitrogens with one attached hydrogen (secondary N) is 1. The van der Waals surface area contributed by atoms with E-state index in [4.69, 9.17) is 16.9 Å². The van der Waals surface area contributed by atoms with Gasteiger partial charge in [-0.05, 0) is 37.6 Å². The zero-order valence-electron chi connectivity index (χ0n) is 12.6. The Morgan fingerprint density at radius 1 is 1.52 bits per heavy atom. The summed E-state index contributed by atoms with van der Waals surface area (Å²) in [5.74, 6) is -0.666. The molecule has 0 aliphatic heterocycles. The summed E-state index contributed by atoms with van der Waals surface area (Å²) < 4.78 is 13.8. The molecule has 1 aromatic heterocycles. The lowest BCUT2D eigenvalue weighted by molar-refractivity contribution is -0.120. The number of thiophene rings is 1. The maximum atomic E-state index is 13.8. The summed E-state index contributed by atoms with van der Waals surface area (Å²) in [6, 6.07) is 7.64. The first kappa shape index (κ1) is 17.4. The number of carbonyl (C=O) groups is 1. The number of halogens is 2. The minimum absolute atomic E-state index is 0.204. The summed E-state index contributed by atoms with van der Waals surface area (Å²) in [6.45, 7) is 1.92. The Hall–Kier alpha value is -1.94. The Morgan fingerprint density at radius 3 is 2.91 bits per heavy atom. The molecule has 0 aliphatic rings. The Labute approximate surface area is 143 Å². The summed E-state index contributed by atoms with van der Waals surface area (Å²) in [6.07, 6.45) is 0. The van der Waals surface area contributed by atoms with Crippen molar-refractivity contribution < 1.29 is 9.18 Å². The van der Waals surface area contributed by atoms with Gasteiger partial charge in [0.1, 0.15) is 16.9 Å². The number of amides is 1. The van der Waals surface area contributed by atoms with Crippen LogP contribution in [0.5, 0.6) is 0 Å². The number of anilines is 1. The van der Waals surface area contributed by atoms with E-state index in [1.807, 2.05) is 6.07 Å². The minimum atomic E-state index is -0.515. The van der Waals surface area contributed by atoms with E-state index >= 15 is 0 Å². The van der Waals surface area contributed by atoms with Crippen LogP contribution in [0.4, 0.5) is 9.39 Å². The van der Waals surface area contributed by atoms with Gasteiger partial charge in [-0.1, -0.05) is 17.7 Å². The smallest absolute Gasteiger partial charge is 0.242 e. The van der Waals surface area contributed by atoms with Crippen molar-refractivity contribution in [2.24, 2.45) is 0 Å². The average Bonchev–Trinajstić information content (AvgIpc) is 2.97. The van der Waals surface area contributed by atoms with Gasteiger partial charge in [-0.3, -0.25) is 9.69 Å². The molecule has 0 bridgehead atoms. The number of likely N-dealkylation sites (N-methyl/N-ethyl adjacent to an activating group) is 1. The standard InChI is InChI=1S/C16H15ClFN3OS/c1-10(15(22)20-16-11(8-19)6-7-23-16)21(2)9-12-13(17)4-3-5-14(12)18/h3-7,10H,9H2,1-2H3,(H,20,22). The van der Waals surface area contributed by atoms with Crippen molar-refractivity contribution in [3.05, 3.63) is 51.6 Å². The molecule has 1 heterocycles. The lowest BCUT2D eigenvalue weighted by Gasteiger charge is -2.24. The molecule has 2 aromatic rings. The van der Waals surface area contributed by atoms with Crippen molar-refractivity contribution >= 4 is 33.8 Å². The van der Waals surface area contributed by atoms with Crippen LogP contribution in [0, 0.1) is 17.1 Å². The molecule has 7 heteroatoms. The number of rotatable bonds is 5. The van der Waals surface area contributed by atoms with Crippen molar-refractivity contribution in [2.45, 2.75) is 19.5 Å². The second-order valence-electron chi connectivity index (χ2n) is 5.06. The molecular weight excluding hydrogens is 337 g/mol. The second kappa shape index (κ2) is 7.55. The minimum Gasteiger partial charge on any atom is -0.315 e. The third kappa shape index (κ3) is 4.08. The van der Waals surface area contributed by atoms with Gasteiger partial charge in [-0.2, -0.15) is 5.26 Å². The highest BCUT2D eigenvalue weighted by molar-refractivity contribution is 7.14. The van der Waals surface area contributed by atoms with Crippen molar-refractivity contribution in [2.75, 3.05) is 12.4 Å². The quantitative estimate of drug-likeness (QED) is 0.889. The van der Waals surface area contributed by atoms with Crippen LogP contribution in [0.3, 0.4) is 0 Å². The molecule has 1 amide bonds. The number of hydrogen-bond donors (Lipinski definition) is 1. The molecule has 0 spiro atoms. The summed E-state index contributed by atoms with van der Waals surface area (Å²) in [7, 11) is 1.71. The van der Waals surface area contributed by atoms with Crippen molar-refractivity contribution in [1.82, 2.24) is 4.90 Å². The fourth-order valence-electron chi connectivity index (χ4n) is 1.98. The molecule has 1 N–H and O–H groups in total. The van der Waals surface area contributed by atoms with Crippen LogP contribution >= 0.6 is 22.9 Å². The van der Waals surface area contributed by atoms with E-state index in [1.54, 1.807) is 36.4 Å². The fourth-order valence-corrected chi connectivity index (χ4v) is 2.94. The Balaban J connectivity index is 2.06. The van der Waals surface area contributed by atoms with Crippen LogP contribution in [0.2, 0.25) is 5.02 Å². The zero-order chi connectivity index (χ0) is 17.0. The third-order valence-electron chi connectivity index (χ3n) is 3.53. The molecule has 120 valence electrons. The van der Waals surface area contributed by atoms with Crippen molar-refractivity contribution in [3.63, 3.8) is 0 Å². The van der Waals surface area contributed by atoms with E-state index in [2.05, 4.69) is 5.32 Å². The second-order valence-corrected chi connectivity index (χ2v) is 6.38. The Kier molecular flexibility index (Phi) is 5.72. The van der Waals surface area contributed by atoms with Crippen LogP contribution < -0.4 is 5.32 Å². The van der Waals surface area contributed by atoms with Crippen LogP contribution in [0.25, 0.3) is 0 Å². The normalized spacial score (nSPS) is 12.0. The van der Waals surface area contributed by atoms with Crippen LogP contribution in [0.1, 0.15) is 18.1 Å². The number of nitrogens with zero attached hydrogens (tertiary/aromatic N) is 2. The molecule has 1 atom stereocenters. The van der Waals surface area contributed by atoms with Gasteiger partial charge in [0.25, 0.3) is 0 Å². The highest BCUT2D eigenvalue weighted by atomic mass is 35.5. The predicted molar refractivity (Wildman–Crippen MR) is 90.0 cm³/mol. The van der Waals surface area contributed by atoms with Crippen LogP contribution in [-0.4, -0.2) is 23.9 Å². The van der Waals surface area contributed by atoms with Crippen molar-refractivity contribution in [1.29, 1.82) is 5.26 Å². The Bertz CT molecular complexity index is 736. The number of benzene rings is 1. The zero-order valence-corrected chi connectivity index (χ0v) is 14.2. The monoisotopic (exact) mass is 351 g/mol. The molecule has 1 aromatic carbocycles. The maximum absolute atomic E-state index is 13.8. The van der Waals surface area contributed by atoms with Crippen molar-refractivity contribution in [3.8, 4) is 6.07 Å². The van der Waals surface area contributed by atoms with E-state index in [-0.39, 0.29) is 12.5 Å². The van der Waals surface area contributed by atoms with E-state index in [0.717, 1.165) is 0 Å². The SMILES string of the molecule is CC(C(=O)Nc1sccc1C#N)N(C)Cc1c(F)cccc1Cl. The first-order valence-electron chi connectivity index (χ1n) is 6.85. The fraction of sp³-hybridized carbons (Fsp3) is 0.250. The molecule has 23 heavy (non-hydrogen) atoms. The molecule has 2 rings (SSSR count). The number of carbonyl (C=O) groups excluding carboxylic acids is 1. The van der Waals surface area contributed by atoms with Crippen LogP contribution in [-0.2, 0) is 11.3 Å². The van der Waals surface area contributed by atoms with Crippen LogP contribution in [0.15, 0.2) is 29.6 Å². The topological polar surface area (TPSA) is 56.1 Å². The highest BCUT2D eigenvalue weighted by Crippen LogP contribution is 2.24. The molecular formula is C16H15ClFN3OS. The molecule has 0 saturated carbocycles. The number of hydrogen-bond acceptors (Lipinski definition) is 4. The maximum Gasteiger partial charge on any atom is 0.242 e. The first-order valence-corrected chi connectivity index (χ1v) is 8.11. The van der Waals surface area contributed by atoms with Gasteiger partial charge in [0.05, 0.1) is 11.6 Å². The van der Waals surface area contributed by atoms with Gasteiger partial charge >= 0.3 is 0 Å². The van der Waals surface area contributed by atoms with E-state index in [9.17, 15) is 9.18 Å². The molecule has 1 unspecified atom stereocenters. The van der Waals surface area contributed by atoms with Gasteiger partial charge in [-0.15, -0.1) is 11.3 Å². The van der Waals surface area contributed by atoms with E-state index in [0.29, 0.717) is 21.2 Å². The van der Waals surface area contributed by atoms with E-state index in [1.165, 1.54) is 23.5 Å². The largest absolute Gasteiger partial charge is 0.315 e. The Morgan fingerprint density at radius 2 is 2.26 bits per heavy atom. The summed E-state index contributed by atoms with van der Waals surface area (Å²) in [5, 5.41) is 14.3. The van der Waals surface area contributed by atoms with Gasteiger partial charge in [-0.25, -0.2) is 4.39 Å². The molecule has 0 aliphatic carbocycles. The third-order valence-corrected chi connectivity index (χ3v) is 4.72. The molecule has 4 nitrogen and oxygen atoms in total. The summed E-state index contributed by atoms with van der Waals surface area (Å²) in [4.78, 5) is 14.0. The van der Waals surface area contributed by atoms with Gasteiger partial charge in [0.15, 0.2) is 0 Å². The average molecular weight is 352 g/mol. The van der Waals surface area contributed by atoms with Gasteiger partial charge in [0, 0.05) is 17.1 Å². The molecule has 0 saturated heterocycles. The van der Waals surface area contributed by atoms with E-state index < -0.39 is 11.9 Å². The summed E-state index contributed by atoms with van der Waals surface area (Å²) >= 11 is 7.30. The van der Waals surface area contributed by atoms with Gasteiger partial charge < -0.3 is 5.32 Å². The lowest BCUT2D eigenvalue weighted by Crippen LogP contribution is -2.39. The first-order chi connectivity index (χ1) is 10.9. The molecule has 0 fully saturated rings. The number of nitriles is 1. The summed E-state index contributed by atoms with van der Waals surface area (Å²) in [5.41, 5.74) is 0.778. The van der Waals surface area contributed by atoms with Gasteiger partial charge in [0.2, 0.25) is 5.91 Å². The highest BCUT2D eigenvalue weighted by Gasteiger charge is 2.21. The lowest BCUT2D eigenvalue weighted by atomic mass is 10.1. The molecule has 0 radical (unpaired) electrons.